The number of aromatic amines is 1. The summed E-state index contributed by atoms with van der Waals surface area (Å²) in [7, 11) is 0. The molecule has 1 aromatic heterocycles. The normalized spacial score (nSPS) is 10.4. The van der Waals surface area contributed by atoms with Crippen LogP contribution in [0.25, 0.3) is 0 Å². The van der Waals surface area contributed by atoms with Crippen LogP contribution >= 0.6 is 0 Å². The largest absolute Gasteiger partial charge is 0.487 e. The van der Waals surface area contributed by atoms with Crippen molar-refractivity contribution in [2.24, 2.45) is 0 Å². The Bertz CT molecular complexity index is 491. The number of nitrogen functional groups attached to an aromatic ring is 1. The van der Waals surface area contributed by atoms with Crippen LogP contribution in [-0.4, -0.2) is 10.2 Å². The zero-order chi connectivity index (χ0) is 11.5. The fourth-order valence-electron chi connectivity index (χ4n) is 1.42. The number of nitrogens with zero attached hydrogens (tertiary/aromatic N) is 1. The zero-order valence-corrected chi connectivity index (χ0v) is 9.45. The molecule has 4 heteroatoms. The molecule has 0 radical (unpaired) electrons. The van der Waals surface area contributed by atoms with E-state index in [-0.39, 0.29) is 0 Å². The number of anilines is 1. The molecule has 1 heterocycles. The van der Waals surface area contributed by atoms with Crippen LogP contribution < -0.4 is 10.5 Å². The molecule has 0 spiro atoms. The summed E-state index contributed by atoms with van der Waals surface area (Å²) >= 11 is 0. The van der Waals surface area contributed by atoms with Gasteiger partial charge < -0.3 is 10.5 Å². The third kappa shape index (κ3) is 2.34. The summed E-state index contributed by atoms with van der Waals surface area (Å²) in [6.45, 7) is 4.60. The molecule has 0 unspecified atom stereocenters. The first kappa shape index (κ1) is 10.5. The van der Waals surface area contributed by atoms with E-state index in [4.69, 9.17) is 10.5 Å². The Kier molecular flexibility index (Phi) is 2.81. The lowest BCUT2D eigenvalue weighted by Crippen LogP contribution is -1.96. The molecule has 0 amide bonds. The van der Waals surface area contributed by atoms with E-state index in [0.29, 0.717) is 12.4 Å². The number of hydrogen-bond acceptors (Lipinski definition) is 3. The van der Waals surface area contributed by atoms with Gasteiger partial charge in [-0.15, -0.1) is 0 Å². The summed E-state index contributed by atoms with van der Waals surface area (Å²) in [5.74, 6) is 1.34. The molecule has 3 N–H and O–H groups in total. The first-order valence-corrected chi connectivity index (χ1v) is 5.15. The molecule has 0 aliphatic carbocycles. The molecule has 0 aliphatic rings. The van der Waals surface area contributed by atoms with Gasteiger partial charge in [-0.1, -0.05) is 6.07 Å². The van der Waals surface area contributed by atoms with Gasteiger partial charge in [0.05, 0.1) is 5.69 Å². The van der Waals surface area contributed by atoms with Crippen molar-refractivity contribution in [3.63, 3.8) is 0 Å². The van der Waals surface area contributed by atoms with Crippen LogP contribution in [0.1, 0.15) is 16.8 Å². The molecule has 4 nitrogen and oxygen atoms in total. The quantitative estimate of drug-likeness (QED) is 0.828. The van der Waals surface area contributed by atoms with Gasteiger partial charge in [0, 0.05) is 6.07 Å². The summed E-state index contributed by atoms with van der Waals surface area (Å²) < 4.78 is 5.61. The number of ether oxygens (including phenoxy) is 1. The van der Waals surface area contributed by atoms with Gasteiger partial charge in [-0.3, -0.25) is 5.10 Å². The molecule has 0 fully saturated rings. The Labute approximate surface area is 94.4 Å². The van der Waals surface area contributed by atoms with Gasteiger partial charge in [0.15, 0.2) is 0 Å². The van der Waals surface area contributed by atoms with Gasteiger partial charge in [-0.05, 0) is 37.1 Å². The van der Waals surface area contributed by atoms with Crippen molar-refractivity contribution in [3.8, 4) is 5.75 Å². The number of H-pyrrole nitrogens is 1. The van der Waals surface area contributed by atoms with E-state index in [1.165, 1.54) is 11.1 Å². The predicted molar refractivity (Wildman–Crippen MR) is 63.2 cm³/mol. The monoisotopic (exact) mass is 217 g/mol. The van der Waals surface area contributed by atoms with Gasteiger partial charge in [-0.25, -0.2) is 0 Å². The van der Waals surface area contributed by atoms with Crippen LogP contribution in [0, 0.1) is 13.8 Å². The molecular formula is C12H15N3O. The van der Waals surface area contributed by atoms with Crippen LogP contribution in [-0.2, 0) is 6.61 Å². The van der Waals surface area contributed by atoms with E-state index >= 15 is 0 Å². The van der Waals surface area contributed by atoms with Gasteiger partial charge in [-0.2, -0.15) is 5.10 Å². The molecular weight excluding hydrogens is 202 g/mol. The summed E-state index contributed by atoms with van der Waals surface area (Å²) in [6, 6.07) is 7.80. The standard InChI is InChI=1S/C12H15N3O/c1-8-3-4-11(5-9(8)2)16-7-10-6-12(13)15-14-10/h3-6H,7H2,1-2H3,(H3,13,14,15). The van der Waals surface area contributed by atoms with Crippen LogP contribution in [0.4, 0.5) is 5.82 Å². The van der Waals surface area contributed by atoms with Gasteiger partial charge in [0.25, 0.3) is 0 Å². The maximum atomic E-state index is 5.61. The molecule has 2 aromatic rings. The number of nitrogens with two attached hydrogens (primary N) is 1. The number of nitrogens with one attached hydrogen (secondary N) is 1. The van der Waals surface area contributed by atoms with Crippen molar-refractivity contribution in [1.82, 2.24) is 10.2 Å². The van der Waals surface area contributed by atoms with Gasteiger partial charge >= 0.3 is 0 Å². The second-order valence-electron chi connectivity index (χ2n) is 3.85. The fourth-order valence-corrected chi connectivity index (χ4v) is 1.42. The average molecular weight is 217 g/mol. The van der Waals surface area contributed by atoms with E-state index in [1.54, 1.807) is 6.07 Å². The smallest absolute Gasteiger partial charge is 0.145 e. The van der Waals surface area contributed by atoms with E-state index in [0.717, 1.165) is 11.4 Å². The Morgan fingerprint density at radius 1 is 1.25 bits per heavy atom. The highest BCUT2D eigenvalue weighted by Crippen LogP contribution is 2.17. The second-order valence-corrected chi connectivity index (χ2v) is 3.85. The van der Waals surface area contributed by atoms with Crippen molar-refractivity contribution < 1.29 is 4.74 Å². The number of aryl methyl sites for hydroxylation is 2. The van der Waals surface area contributed by atoms with Crippen molar-refractivity contribution in [1.29, 1.82) is 0 Å². The summed E-state index contributed by atoms with van der Waals surface area (Å²) in [5, 5.41) is 6.64. The summed E-state index contributed by atoms with van der Waals surface area (Å²) in [4.78, 5) is 0. The van der Waals surface area contributed by atoms with Crippen LogP contribution in [0.3, 0.4) is 0 Å². The predicted octanol–water partition coefficient (Wildman–Crippen LogP) is 2.19. The highest BCUT2D eigenvalue weighted by Gasteiger charge is 2.00. The SMILES string of the molecule is Cc1ccc(OCc2cc(N)n[nH]2)cc1C. The third-order valence-electron chi connectivity index (χ3n) is 2.52. The van der Waals surface area contributed by atoms with Gasteiger partial charge in [0.1, 0.15) is 18.2 Å². The Hall–Kier alpha value is -1.97. The minimum absolute atomic E-state index is 0.451. The van der Waals surface area contributed by atoms with Crippen molar-refractivity contribution >= 4 is 5.82 Å². The lowest BCUT2D eigenvalue weighted by Gasteiger charge is -2.06. The summed E-state index contributed by atoms with van der Waals surface area (Å²) in [5.41, 5.74) is 8.85. The molecule has 0 aliphatic heterocycles. The molecule has 16 heavy (non-hydrogen) atoms. The lowest BCUT2D eigenvalue weighted by molar-refractivity contribution is 0.301. The molecule has 0 bridgehead atoms. The van der Waals surface area contributed by atoms with Crippen molar-refractivity contribution in [2.75, 3.05) is 5.73 Å². The molecule has 0 atom stereocenters. The lowest BCUT2D eigenvalue weighted by atomic mass is 10.1. The second kappa shape index (κ2) is 4.26. The van der Waals surface area contributed by atoms with E-state index < -0.39 is 0 Å². The Balaban J connectivity index is 2.02. The number of hydrogen-bond donors (Lipinski definition) is 2. The molecule has 1 aromatic carbocycles. The molecule has 2 rings (SSSR count). The topological polar surface area (TPSA) is 63.9 Å². The van der Waals surface area contributed by atoms with E-state index in [1.807, 2.05) is 18.2 Å². The number of rotatable bonds is 3. The van der Waals surface area contributed by atoms with Crippen LogP contribution in [0.2, 0.25) is 0 Å². The highest BCUT2D eigenvalue weighted by molar-refractivity contribution is 5.34. The Morgan fingerprint density at radius 2 is 2.06 bits per heavy atom. The summed E-state index contributed by atoms with van der Waals surface area (Å²) in [6.07, 6.45) is 0. The van der Waals surface area contributed by atoms with Crippen LogP contribution in [0.5, 0.6) is 5.75 Å². The number of aromatic nitrogens is 2. The minimum atomic E-state index is 0.451. The molecule has 84 valence electrons. The molecule has 0 saturated carbocycles. The minimum Gasteiger partial charge on any atom is -0.487 e. The average Bonchev–Trinajstić information content (AvgIpc) is 2.66. The highest BCUT2D eigenvalue weighted by atomic mass is 16.5. The number of benzene rings is 1. The first-order chi connectivity index (χ1) is 7.65. The first-order valence-electron chi connectivity index (χ1n) is 5.15. The maximum Gasteiger partial charge on any atom is 0.145 e. The van der Waals surface area contributed by atoms with Gasteiger partial charge in [0.2, 0.25) is 0 Å². The van der Waals surface area contributed by atoms with Crippen LogP contribution in [0.15, 0.2) is 24.3 Å². The van der Waals surface area contributed by atoms with E-state index in [2.05, 4.69) is 24.0 Å². The van der Waals surface area contributed by atoms with Crippen molar-refractivity contribution in [3.05, 3.63) is 41.1 Å². The Morgan fingerprint density at radius 3 is 2.69 bits per heavy atom. The maximum absolute atomic E-state index is 5.61. The molecule has 0 saturated heterocycles. The van der Waals surface area contributed by atoms with Crippen molar-refractivity contribution in [2.45, 2.75) is 20.5 Å². The third-order valence-corrected chi connectivity index (χ3v) is 2.52. The fraction of sp³-hybridized carbons (Fsp3) is 0.250. The van der Waals surface area contributed by atoms with E-state index in [9.17, 15) is 0 Å². The zero-order valence-electron chi connectivity index (χ0n) is 9.45.